The van der Waals surface area contributed by atoms with Crippen molar-refractivity contribution in [3.63, 3.8) is 0 Å². The van der Waals surface area contributed by atoms with Crippen LogP contribution >= 0.6 is 0 Å². The fraction of sp³-hybridized carbons (Fsp3) is 0.636. The van der Waals surface area contributed by atoms with Crippen LogP contribution in [0.2, 0.25) is 0 Å². The molecule has 0 amide bonds. The van der Waals surface area contributed by atoms with E-state index in [1.807, 2.05) is 6.07 Å². The topological polar surface area (TPSA) is 64.3 Å². The Kier molecular flexibility index (Phi) is 3.36. The lowest BCUT2D eigenvalue weighted by atomic mass is 9.90. The molecule has 0 spiro atoms. The van der Waals surface area contributed by atoms with Gasteiger partial charge in [0.1, 0.15) is 0 Å². The Labute approximate surface area is 95.6 Å². The van der Waals surface area contributed by atoms with Crippen LogP contribution in [0.1, 0.15) is 12.8 Å². The summed E-state index contributed by atoms with van der Waals surface area (Å²) in [6, 6.07) is 1.82. The first-order chi connectivity index (χ1) is 7.73. The fourth-order valence-electron chi connectivity index (χ4n) is 2.04. The molecule has 16 heavy (non-hydrogen) atoms. The van der Waals surface area contributed by atoms with Gasteiger partial charge in [0, 0.05) is 38.1 Å². The van der Waals surface area contributed by atoms with Crippen molar-refractivity contribution in [3.05, 3.63) is 18.5 Å². The summed E-state index contributed by atoms with van der Waals surface area (Å²) in [6.45, 7) is 2.41. The Balaban J connectivity index is 1.95. The Hall–Kier alpha value is -1.20. The molecule has 0 unspecified atom stereocenters. The number of methoxy groups -OCH3 is 1. The van der Waals surface area contributed by atoms with E-state index in [0.29, 0.717) is 6.61 Å². The third-order valence-electron chi connectivity index (χ3n) is 3.03. The van der Waals surface area contributed by atoms with Crippen LogP contribution in [0.3, 0.4) is 0 Å². The zero-order valence-corrected chi connectivity index (χ0v) is 9.59. The van der Waals surface area contributed by atoms with E-state index in [0.717, 1.165) is 31.9 Å². The van der Waals surface area contributed by atoms with Crippen molar-refractivity contribution in [1.29, 1.82) is 0 Å². The van der Waals surface area contributed by atoms with Gasteiger partial charge in [-0.15, -0.1) is 0 Å². The van der Waals surface area contributed by atoms with E-state index in [2.05, 4.69) is 14.9 Å². The van der Waals surface area contributed by atoms with Gasteiger partial charge < -0.3 is 15.4 Å². The van der Waals surface area contributed by atoms with Crippen molar-refractivity contribution in [2.45, 2.75) is 18.4 Å². The Morgan fingerprint density at radius 1 is 1.38 bits per heavy atom. The first-order valence-corrected chi connectivity index (χ1v) is 5.53. The summed E-state index contributed by atoms with van der Waals surface area (Å²) in [7, 11) is 1.70. The SMILES string of the molecule is COCC1(N)CCN(c2ncccn2)CC1. The third-order valence-corrected chi connectivity index (χ3v) is 3.03. The second-order valence-electron chi connectivity index (χ2n) is 4.33. The number of hydrogen-bond donors (Lipinski definition) is 1. The molecule has 1 aliphatic rings. The van der Waals surface area contributed by atoms with Crippen LogP contribution in [0.5, 0.6) is 0 Å². The maximum Gasteiger partial charge on any atom is 0.225 e. The average Bonchev–Trinajstić information content (AvgIpc) is 2.31. The van der Waals surface area contributed by atoms with E-state index in [-0.39, 0.29) is 5.54 Å². The zero-order valence-electron chi connectivity index (χ0n) is 9.59. The van der Waals surface area contributed by atoms with E-state index in [9.17, 15) is 0 Å². The molecule has 2 heterocycles. The molecule has 0 aliphatic carbocycles. The van der Waals surface area contributed by atoms with Crippen LogP contribution in [0.15, 0.2) is 18.5 Å². The van der Waals surface area contributed by atoms with Crippen LogP contribution in [0, 0.1) is 0 Å². The standard InChI is InChI=1S/C11H18N4O/c1-16-9-11(12)3-7-15(8-4-11)10-13-5-2-6-14-10/h2,5-6H,3-4,7-9,12H2,1H3. The molecular formula is C11H18N4O. The van der Waals surface area contributed by atoms with Gasteiger partial charge in [0.15, 0.2) is 0 Å². The molecule has 0 saturated carbocycles. The number of nitrogens with zero attached hydrogens (tertiary/aromatic N) is 3. The molecule has 1 aromatic rings. The van der Waals surface area contributed by atoms with Gasteiger partial charge in [-0.3, -0.25) is 0 Å². The highest BCUT2D eigenvalue weighted by Crippen LogP contribution is 2.22. The van der Waals surface area contributed by atoms with Crippen LogP contribution in [0.4, 0.5) is 5.95 Å². The lowest BCUT2D eigenvalue weighted by molar-refractivity contribution is 0.116. The first kappa shape index (κ1) is 11.3. The molecule has 1 fully saturated rings. The molecular weight excluding hydrogens is 204 g/mol. The number of nitrogens with two attached hydrogens (primary N) is 1. The third kappa shape index (κ3) is 2.48. The van der Waals surface area contributed by atoms with Crippen LogP contribution < -0.4 is 10.6 Å². The average molecular weight is 222 g/mol. The molecule has 1 aromatic heterocycles. The summed E-state index contributed by atoms with van der Waals surface area (Å²) in [4.78, 5) is 10.6. The van der Waals surface area contributed by atoms with E-state index >= 15 is 0 Å². The second-order valence-corrected chi connectivity index (χ2v) is 4.33. The summed E-state index contributed by atoms with van der Waals surface area (Å²) in [6.07, 6.45) is 5.36. The highest BCUT2D eigenvalue weighted by Gasteiger charge is 2.31. The highest BCUT2D eigenvalue weighted by molar-refractivity contribution is 5.29. The van der Waals surface area contributed by atoms with E-state index in [1.165, 1.54) is 0 Å². The van der Waals surface area contributed by atoms with Gasteiger partial charge >= 0.3 is 0 Å². The summed E-state index contributed by atoms with van der Waals surface area (Å²) in [5.41, 5.74) is 6.04. The summed E-state index contributed by atoms with van der Waals surface area (Å²) in [5, 5.41) is 0. The summed E-state index contributed by atoms with van der Waals surface area (Å²) < 4.78 is 5.15. The smallest absolute Gasteiger partial charge is 0.225 e. The Morgan fingerprint density at radius 3 is 2.56 bits per heavy atom. The van der Waals surface area contributed by atoms with Crippen LogP contribution in [-0.2, 0) is 4.74 Å². The van der Waals surface area contributed by atoms with Gasteiger partial charge in [-0.05, 0) is 18.9 Å². The van der Waals surface area contributed by atoms with Gasteiger partial charge in [-0.1, -0.05) is 0 Å². The number of aromatic nitrogens is 2. The van der Waals surface area contributed by atoms with Crippen molar-refractivity contribution in [3.8, 4) is 0 Å². The molecule has 2 rings (SSSR count). The zero-order chi connectivity index (χ0) is 11.4. The molecule has 5 nitrogen and oxygen atoms in total. The fourth-order valence-corrected chi connectivity index (χ4v) is 2.04. The minimum atomic E-state index is -0.181. The summed E-state index contributed by atoms with van der Waals surface area (Å²) >= 11 is 0. The number of piperidine rings is 1. The predicted octanol–water partition coefficient (Wildman–Crippen LogP) is 0.421. The number of anilines is 1. The van der Waals surface area contributed by atoms with Crippen molar-refractivity contribution < 1.29 is 4.74 Å². The molecule has 0 atom stereocenters. The Morgan fingerprint density at radius 2 is 2.00 bits per heavy atom. The van der Waals surface area contributed by atoms with Gasteiger partial charge in [0.25, 0.3) is 0 Å². The number of ether oxygens (including phenoxy) is 1. The molecule has 5 heteroatoms. The monoisotopic (exact) mass is 222 g/mol. The van der Waals surface area contributed by atoms with Gasteiger partial charge in [0.2, 0.25) is 5.95 Å². The van der Waals surface area contributed by atoms with Crippen molar-refractivity contribution >= 4 is 5.95 Å². The molecule has 2 N–H and O–H groups in total. The maximum absolute atomic E-state index is 6.22. The van der Waals surface area contributed by atoms with E-state index in [4.69, 9.17) is 10.5 Å². The predicted molar refractivity (Wildman–Crippen MR) is 62.3 cm³/mol. The van der Waals surface area contributed by atoms with E-state index in [1.54, 1.807) is 19.5 Å². The minimum Gasteiger partial charge on any atom is -0.383 e. The first-order valence-electron chi connectivity index (χ1n) is 5.53. The maximum atomic E-state index is 6.22. The highest BCUT2D eigenvalue weighted by atomic mass is 16.5. The molecule has 0 aromatic carbocycles. The normalized spacial score (nSPS) is 19.8. The van der Waals surface area contributed by atoms with E-state index < -0.39 is 0 Å². The largest absolute Gasteiger partial charge is 0.383 e. The van der Waals surface area contributed by atoms with Crippen LogP contribution in [-0.4, -0.2) is 42.3 Å². The second kappa shape index (κ2) is 4.76. The van der Waals surface area contributed by atoms with Gasteiger partial charge in [-0.25, -0.2) is 9.97 Å². The van der Waals surface area contributed by atoms with Gasteiger partial charge in [0.05, 0.1) is 6.61 Å². The molecule has 0 bridgehead atoms. The van der Waals surface area contributed by atoms with Crippen molar-refractivity contribution in [2.75, 3.05) is 31.7 Å². The minimum absolute atomic E-state index is 0.181. The van der Waals surface area contributed by atoms with Crippen molar-refractivity contribution in [1.82, 2.24) is 9.97 Å². The molecule has 88 valence electrons. The summed E-state index contributed by atoms with van der Waals surface area (Å²) in [5.74, 6) is 0.793. The lowest BCUT2D eigenvalue weighted by Crippen LogP contribution is -2.53. The Bertz CT molecular complexity index is 322. The molecule has 1 saturated heterocycles. The van der Waals surface area contributed by atoms with Gasteiger partial charge in [-0.2, -0.15) is 0 Å². The molecule has 0 radical (unpaired) electrons. The molecule has 1 aliphatic heterocycles. The van der Waals surface area contributed by atoms with Crippen LogP contribution in [0.25, 0.3) is 0 Å². The number of hydrogen-bond acceptors (Lipinski definition) is 5. The van der Waals surface area contributed by atoms with Crippen molar-refractivity contribution in [2.24, 2.45) is 5.73 Å². The number of rotatable bonds is 3. The quantitative estimate of drug-likeness (QED) is 0.803. The lowest BCUT2D eigenvalue weighted by Gasteiger charge is -2.38.